The van der Waals surface area contributed by atoms with Crippen molar-refractivity contribution in [3.8, 4) is 0 Å². The molecule has 2 unspecified atom stereocenters. The summed E-state index contributed by atoms with van der Waals surface area (Å²) in [6.07, 6.45) is 2.26. The maximum atomic E-state index is 13.7. The van der Waals surface area contributed by atoms with E-state index in [0.29, 0.717) is 37.3 Å². The lowest BCUT2D eigenvalue weighted by molar-refractivity contribution is -0.138. The summed E-state index contributed by atoms with van der Waals surface area (Å²) in [5.41, 5.74) is 1.61. The van der Waals surface area contributed by atoms with Gasteiger partial charge in [0.1, 0.15) is 12.1 Å². The molecule has 198 valence electrons. The number of hydrogen-bond donors (Lipinski definition) is 1. The molecule has 2 heterocycles. The molecule has 0 spiro atoms. The van der Waals surface area contributed by atoms with Gasteiger partial charge in [0.05, 0.1) is 12.6 Å². The minimum absolute atomic E-state index is 0.00964. The number of nitrogens with one attached hydrogen (secondary N) is 1. The van der Waals surface area contributed by atoms with Crippen molar-refractivity contribution in [2.24, 2.45) is 11.8 Å². The SMILES string of the molecule is CC(C)CCC(=O)N1CC(=O)C2C1CCN2C(=O)[C@H](CC(C)C)NC(=O)c1ccc(C(C)(C)C)cc1. The van der Waals surface area contributed by atoms with E-state index in [0.717, 1.165) is 12.0 Å². The molecular formula is C29H43N3O4. The van der Waals surface area contributed by atoms with Crippen LogP contribution in [-0.2, 0) is 19.8 Å². The number of carbonyl (C=O) groups excluding carboxylic acids is 4. The highest BCUT2D eigenvalue weighted by atomic mass is 16.2. The fourth-order valence-corrected chi connectivity index (χ4v) is 5.20. The Balaban J connectivity index is 1.73. The number of benzene rings is 1. The van der Waals surface area contributed by atoms with Crippen molar-refractivity contribution >= 4 is 23.5 Å². The zero-order valence-corrected chi connectivity index (χ0v) is 23.0. The number of rotatable bonds is 8. The molecule has 3 amide bonds. The van der Waals surface area contributed by atoms with Crippen molar-refractivity contribution in [1.29, 1.82) is 0 Å². The number of carbonyl (C=O) groups is 4. The van der Waals surface area contributed by atoms with E-state index >= 15 is 0 Å². The molecule has 0 aliphatic carbocycles. The van der Waals surface area contributed by atoms with Crippen LogP contribution in [0.5, 0.6) is 0 Å². The Morgan fingerprint density at radius 2 is 1.64 bits per heavy atom. The number of likely N-dealkylation sites (tertiary alicyclic amines) is 2. The molecule has 1 aromatic carbocycles. The first kappa shape index (κ1) is 27.9. The lowest BCUT2D eigenvalue weighted by atomic mass is 9.86. The van der Waals surface area contributed by atoms with Crippen LogP contribution in [0.25, 0.3) is 0 Å². The third-order valence-corrected chi connectivity index (χ3v) is 7.29. The minimum atomic E-state index is -0.725. The van der Waals surface area contributed by atoms with Gasteiger partial charge in [0.25, 0.3) is 5.91 Å². The van der Waals surface area contributed by atoms with Crippen molar-refractivity contribution < 1.29 is 19.2 Å². The van der Waals surface area contributed by atoms with Gasteiger partial charge in [-0.1, -0.05) is 60.6 Å². The standard InChI is InChI=1S/C29H43N3O4/c1-18(2)8-13-25(34)32-17-24(33)26-23(32)14-15-31(26)28(36)22(16-19(3)4)30-27(35)20-9-11-21(12-10-20)29(5,6)7/h9-12,18-19,22-23,26H,8,13-17H2,1-7H3,(H,30,35)/t22-,23?,26?/m0/s1. The van der Waals surface area contributed by atoms with E-state index in [1.165, 1.54) is 0 Å². The van der Waals surface area contributed by atoms with Gasteiger partial charge in [0, 0.05) is 18.5 Å². The Morgan fingerprint density at radius 3 is 2.19 bits per heavy atom. The van der Waals surface area contributed by atoms with E-state index in [4.69, 9.17) is 0 Å². The Hall–Kier alpha value is -2.70. The summed E-state index contributed by atoms with van der Waals surface area (Å²) >= 11 is 0. The molecule has 2 saturated heterocycles. The molecular weight excluding hydrogens is 454 g/mol. The molecule has 3 atom stereocenters. The van der Waals surface area contributed by atoms with Crippen LogP contribution in [0.15, 0.2) is 24.3 Å². The molecule has 2 aliphatic rings. The van der Waals surface area contributed by atoms with Crippen LogP contribution in [0.2, 0.25) is 0 Å². The minimum Gasteiger partial charge on any atom is -0.340 e. The first-order valence-corrected chi connectivity index (χ1v) is 13.3. The second kappa shape index (κ2) is 11.1. The average Bonchev–Trinajstić information content (AvgIpc) is 3.37. The molecule has 7 heteroatoms. The molecule has 3 rings (SSSR count). The topological polar surface area (TPSA) is 86.8 Å². The van der Waals surface area contributed by atoms with E-state index in [-0.39, 0.29) is 47.4 Å². The largest absolute Gasteiger partial charge is 0.340 e. The molecule has 0 bridgehead atoms. The predicted molar refractivity (Wildman–Crippen MR) is 141 cm³/mol. The number of Topliss-reactive ketones (excluding diaryl/α,β-unsaturated/α-hetero) is 1. The van der Waals surface area contributed by atoms with E-state index in [1.807, 2.05) is 26.0 Å². The Labute approximate surface area is 216 Å². The number of ketones is 1. The summed E-state index contributed by atoms with van der Waals surface area (Å²) < 4.78 is 0. The smallest absolute Gasteiger partial charge is 0.251 e. The molecule has 0 aromatic heterocycles. The van der Waals surface area contributed by atoms with Crippen LogP contribution < -0.4 is 5.32 Å². The quantitative estimate of drug-likeness (QED) is 0.589. The first-order valence-electron chi connectivity index (χ1n) is 13.3. The lowest BCUT2D eigenvalue weighted by Crippen LogP contribution is -2.53. The first-order chi connectivity index (χ1) is 16.8. The molecule has 0 radical (unpaired) electrons. The summed E-state index contributed by atoms with van der Waals surface area (Å²) in [6.45, 7) is 15.0. The monoisotopic (exact) mass is 497 g/mol. The van der Waals surface area contributed by atoms with Crippen molar-refractivity contribution in [3.63, 3.8) is 0 Å². The van der Waals surface area contributed by atoms with Gasteiger partial charge in [-0.3, -0.25) is 19.2 Å². The van der Waals surface area contributed by atoms with E-state index in [2.05, 4.69) is 39.9 Å². The second-order valence-corrected chi connectivity index (χ2v) is 12.2. The van der Waals surface area contributed by atoms with Crippen LogP contribution in [-0.4, -0.2) is 64.5 Å². The maximum absolute atomic E-state index is 13.7. The fourth-order valence-electron chi connectivity index (χ4n) is 5.20. The van der Waals surface area contributed by atoms with E-state index in [9.17, 15) is 19.2 Å². The van der Waals surface area contributed by atoms with Crippen molar-refractivity contribution in [3.05, 3.63) is 35.4 Å². The fraction of sp³-hybridized carbons (Fsp3) is 0.655. The summed E-state index contributed by atoms with van der Waals surface area (Å²) in [7, 11) is 0. The molecule has 7 nitrogen and oxygen atoms in total. The van der Waals surface area contributed by atoms with Crippen molar-refractivity contribution in [1.82, 2.24) is 15.1 Å². The Kier molecular flexibility index (Phi) is 8.63. The zero-order valence-electron chi connectivity index (χ0n) is 23.0. The van der Waals surface area contributed by atoms with Gasteiger partial charge in [-0.25, -0.2) is 0 Å². The zero-order chi connectivity index (χ0) is 26.8. The third-order valence-electron chi connectivity index (χ3n) is 7.29. The molecule has 0 saturated carbocycles. The summed E-state index contributed by atoms with van der Waals surface area (Å²) in [4.78, 5) is 55.8. The maximum Gasteiger partial charge on any atom is 0.251 e. The van der Waals surface area contributed by atoms with Crippen molar-refractivity contribution in [2.45, 2.75) is 97.7 Å². The average molecular weight is 498 g/mol. The van der Waals surface area contributed by atoms with Crippen LogP contribution >= 0.6 is 0 Å². The van der Waals surface area contributed by atoms with E-state index in [1.54, 1.807) is 21.9 Å². The van der Waals surface area contributed by atoms with Gasteiger partial charge in [-0.05, 0) is 54.2 Å². The number of fused-ring (bicyclic) bond motifs is 1. The lowest BCUT2D eigenvalue weighted by Gasteiger charge is -2.29. The van der Waals surface area contributed by atoms with E-state index < -0.39 is 12.1 Å². The number of amides is 3. The molecule has 1 N–H and O–H groups in total. The van der Waals surface area contributed by atoms with Gasteiger partial charge < -0.3 is 15.1 Å². The number of hydrogen-bond acceptors (Lipinski definition) is 4. The Morgan fingerprint density at radius 1 is 1.00 bits per heavy atom. The van der Waals surface area contributed by atoms with Gasteiger partial charge in [-0.2, -0.15) is 0 Å². The van der Waals surface area contributed by atoms with Crippen LogP contribution in [0.4, 0.5) is 0 Å². The summed E-state index contributed by atoms with van der Waals surface area (Å²) in [5, 5.41) is 2.94. The summed E-state index contributed by atoms with van der Waals surface area (Å²) in [5.74, 6) is -0.0426. The molecule has 1 aromatic rings. The molecule has 36 heavy (non-hydrogen) atoms. The van der Waals surface area contributed by atoms with Crippen LogP contribution in [0.1, 0.15) is 90.1 Å². The number of nitrogens with zero attached hydrogens (tertiary/aromatic N) is 2. The normalized spacial score (nSPS) is 20.8. The Bertz CT molecular complexity index is 977. The van der Waals surface area contributed by atoms with Crippen LogP contribution in [0, 0.1) is 11.8 Å². The third kappa shape index (κ3) is 6.34. The molecule has 2 fully saturated rings. The van der Waals surface area contributed by atoms with Gasteiger partial charge in [0.2, 0.25) is 11.8 Å². The highest BCUT2D eigenvalue weighted by molar-refractivity contribution is 6.00. The predicted octanol–water partition coefficient (Wildman–Crippen LogP) is 3.95. The molecule has 2 aliphatic heterocycles. The van der Waals surface area contributed by atoms with Gasteiger partial charge in [0.15, 0.2) is 5.78 Å². The highest BCUT2D eigenvalue weighted by Gasteiger charge is 2.52. The highest BCUT2D eigenvalue weighted by Crippen LogP contribution is 2.31. The van der Waals surface area contributed by atoms with Gasteiger partial charge in [-0.15, -0.1) is 0 Å². The van der Waals surface area contributed by atoms with Gasteiger partial charge >= 0.3 is 0 Å². The van der Waals surface area contributed by atoms with Crippen molar-refractivity contribution in [2.75, 3.05) is 13.1 Å². The second-order valence-electron chi connectivity index (χ2n) is 12.2. The van der Waals surface area contributed by atoms with Crippen LogP contribution in [0.3, 0.4) is 0 Å². The summed E-state index contributed by atoms with van der Waals surface area (Å²) in [6, 6.07) is 5.87.